The summed E-state index contributed by atoms with van der Waals surface area (Å²) < 4.78 is 5.74. The van der Waals surface area contributed by atoms with Gasteiger partial charge in [-0.3, -0.25) is 9.97 Å². The highest BCUT2D eigenvalue weighted by molar-refractivity contribution is 5.60. The van der Waals surface area contributed by atoms with Gasteiger partial charge in [-0.05, 0) is 19.1 Å². The lowest BCUT2D eigenvalue weighted by molar-refractivity contribution is 0.112. The van der Waals surface area contributed by atoms with Crippen LogP contribution < -0.4 is 9.64 Å². The molecule has 0 saturated heterocycles. The summed E-state index contributed by atoms with van der Waals surface area (Å²) in [7, 11) is 0. The van der Waals surface area contributed by atoms with Crippen LogP contribution >= 0.6 is 0 Å². The summed E-state index contributed by atoms with van der Waals surface area (Å²) in [6, 6.07) is 7.85. The minimum absolute atomic E-state index is 0.00438. The number of ether oxygens (including phenoxy) is 1. The van der Waals surface area contributed by atoms with Gasteiger partial charge in [0.05, 0.1) is 43.0 Å². The number of para-hydroxylation sites is 2. The van der Waals surface area contributed by atoms with Crippen LogP contribution in [0.5, 0.6) is 5.75 Å². The lowest BCUT2D eigenvalue weighted by Crippen LogP contribution is -2.41. The summed E-state index contributed by atoms with van der Waals surface area (Å²) in [5.74, 6) is 0.804. The average molecular weight is 271 g/mol. The van der Waals surface area contributed by atoms with E-state index in [0.717, 1.165) is 22.8 Å². The van der Waals surface area contributed by atoms with Crippen LogP contribution in [0.25, 0.3) is 0 Å². The molecule has 3 rings (SSSR count). The minimum Gasteiger partial charge on any atom is -0.484 e. The standard InChI is InChI=1S/C15H17N3O2/c1-11-6-17-12(7-16-11)8-18-9-13(10-19)20-15-5-3-2-4-14(15)18/h2-7,13,19H,8-10H2,1H3. The third-order valence-electron chi connectivity index (χ3n) is 3.31. The number of aliphatic hydroxyl groups excluding tert-OH is 1. The van der Waals surface area contributed by atoms with Crippen molar-refractivity contribution in [3.05, 3.63) is 48.0 Å². The molecule has 1 aromatic carbocycles. The van der Waals surface area contributed by atoms with Crippen molar-refractivity contribution < 1.29 is 9.84 Å². The van der Waals surface area contributed by atoms with Crippen molar-refractivity contribution in [2.24, 2.45) is 0 Å². The van der Waals surface area contributed by atoms with Gasteiger partial charge in [0.1, 0.15) is 11.9 Å². The molecule has 0 radical (unpaired) electrons. The molecule has 2 heterocycles. The smallest absolute Gasteiger partial charge is 0.143 e. The fraction of sp³-hybridized carbons (Fsp3) is 0.333. The Hall–Kier alpha value is -2.14. The topological polar surface area (TPSA) is 58.5 Å². The average Bonchev–Trinajstić information content (AvgIpc) is 2.49. The number of benzene rings is 1. The van der Waals surface area contributed by atoms with Crippen molar-refractivity contribution in [3.8, 4) is 5.75 Å². The lowest BCUT2D eigenvalue weighted by atomic mass is 10.2. The number of fused-ring (bicyclic) bond motifs is 1. The van der Waals surface area contributed by atoms with Crippen LogP contribution in [-0.2, 0) is 6.54 Å². The molecule has 5 heteroatoms. The van der Waals surface area contributed by atoms with Gasteiger partial charge in [-0.1, -0.05) is 12.1 Å². The van der Waals surface area contributed by atoms with Gasteiger partial charge in [0.25, 0.3) is 0 Å². The van der Waals surface area contributed by atoms with Crippen LogP contribution in [0, 0.1) is 6.92 Å². The van der Waals surface area contributed by atoms with Crippen molar-refractivity contribution in [1.82, 2.24) is 9.97 Å². The number of hydrogen-bond donors (Lipinski definition) is 1. The number of aromatic nitrogens is 2. The Morgan fingerprint density at radius 3 is 2.90 bits per heavy atom. The first kappa shape index (κ1) is 12.9. The maximum absolute atomic E-state index is 9.36. The van der Waals surface area contributed by atoms with Crippen molar-refractivity contribution in [3.63, 3.8) is 0 Å². The van der Waals surface area contributed by atoms with Gasteiger partial charge in [0, 0.05) is 6.20 Å². The van der Waals surface area contributed by atoms with E-state index in [9.17, 15) is 5.11 Å². The second-order valence-corrected chi connectivity index (χ2v) is 4.92. The molecule has 1 atom stereocenters. The van der Waals surface area contributed by atoms with E-state index in [4.69, 9.17) is 4.74 Å². The maximum Gasteiger partial charge on any atom is 0.143 e. The molecule has 0 fully saturated rings. The molecule has 0 amide bonds. The Labute approximate surface area is 117 Å². The van der Waals surface area contributed by atoms with Gasteiger partial charge in [-0.25, -0.2) is 0 Å². The number of anilines is 1. The number of rotatable bonds is 3. The third-order valence-corrected chi connectivity index (χ3v) is 3.31. The number of nitrogens with zero attached hydrogens (tertiary/aromatic N) is 3. The molecule has 1 aromatic heterocycles. The van der Waals surface area contributed by atoms with E-state index in [1.807, 2.05) is 31.2 Å². The largest absolute Gasteiger partial charge is 0.484 e. The molecule has 5 nitrogen and oxygen atoms in total. The highest BCUT2D eigenvalue weighted by Gasteiger charge is 2.25. The van der Waals surface area contributed by atoms with E-state index in [1.54, 1.807) is 12.4 Å². The van der Waals surface area contributed by atoms with E-state index >= 15 is 0 Å². The third kappa shape index (κ3) is 2.58. The first-order valence-electron chi connectivity index (χ1n) is 6.65. The highest BCUT2D eigenvalue weighted by atomic mass is 16.5. The zero-order valence-electron chi connectivity index (χ0n) is 11.4. The van der Waals surface area contributed by atoms with E-state index in [-0.39, 0.29) is 12.7 Å². The molecular weight excluding hydrogens is 254 g/mol. The first-order chi connectivity index (χ1) is 9.76. The summed E-state index contributed by atoms with van der Waals surface area (Å²) in [4.78, 5) is 10.8. The van der Waals surface area contributed by atoms with E-state index in [1.165, 1.54) is 0 Å². The van der Waals surface area contributed by atoms with Gasteiger partial charge in [0.15, 0.2) is 0 Å². The Balaban J connectivity index is 1.86. The normalized spacial score (nSPS) is 17.5. The molecule has 1 N–H and O–H groups in total. The highest BCUT2D eigenvalue weighted by Crippen LogP contribution is 2.33. The van der Waals surface area contributed by atoms with Crippen LogP contribution in [0.1, 0.15) is 11.4 Å². The molecule has 2 aromatic rings. The van der Waals surface area contributed by atoms with Gasteiger partial charge in [-0.2, -0.15) is 0 Å². The molecule has 1 aliphatic heterocycles. The zero-order chi connectivity index (χ0) is 13.9. The van der Waals surface area contributed by atoms with Gasteiger partial charge in [-0.15, -0.1) is 0 Å². The van der Waals surface area contributed by atoms with Crippen molar-refractivity contribution in [2.75, 3.05) is 18.1 Å². The number of aryl methyl sites for hydroxylation is 1. The Bertz CT molecular complexity index is 586. The molecule has 0 aliphatic carbocycles. The maximum atomic E-state index is 9.36. The summed E-state index contributed by atoms with van der Waals surface area (Å²) in [6.07, 6.45) is 3.36. The van der Waals surface area contributed by atoms with E-state index in [0.29, 0.717) is 13.1 Å². The predicted molar refractivity (Wildman–Crippen MR) is 75.8 cm³/mol. The van der Waals surface area contributed by atoms with Crippen molar-refractivity contribution in [2.45, 2.75) is 19.6 Å². The van der Waals surface area contributed by atoms with Crippen LogP contribution in [0.15, 0.2) is 36.7 Å². The van der Waals surface area contributed by atoms with Crippen LogP contribution in [0.4, 0.5) is 5.69 Å². The van der Waals surface area contributed by atoms with Gasteiger partial charge in [0.2, 0.25) is 0 Å². The molecule has 104 valence electrons. The van der Waals surface area contributed by atoms with Crippen molar-refractivity contribution in [1.29, 1.82) is 0 Å². The summed E-state index contributed by atoms with van der Waals surface area (Å²) in [5, 5.41) is 9.36. The molecule has 1 aliphatic rings. The van der Waals surface area contributed by atoms with Gasteiger partial charge < -0.3 is 14.7 Å². The summed E-state index contributed by atoms with van der Waals surface area (Å²) >= 11 is 0. The monoisotopic (exact) mass is 271 g/mol. The van der Waals surface area contributed by atoms with Crippen LogP contribution in [0.3, 0.4) is 0 Å². The minimum atomic E-state index is -0.205. The SMILES string of the molecule is Cc1cnc(CN2CC(CO)Oc3ccccc32)cn1. The molecular formula is C15H17N3O2. The molecule has 0 saturated carbocycles. The van der Waals surface area contributed by atoms with Crippen molar-refractivity contribution >= 4 is 5.69 Å². The summed E-state index contributed by atoms with van der Waals surface area (Å²) in [6.45, 7) is 3.22. The molecule has 0 spiro atoms. The second kappa shape index (κ2) is 5.46. The fourth-order valence-corrected chi connectivity index (χ4v) is 2.32. The summed E-state index contributed by atoms with van der Waals surface area (Å²) in [5.41, 5.74) is 2.84. The molecule has 20 heavy (non-hydrogen) atoms. The van der Waals surface area contributed by atoms with E-state index in [2.05, 4.69) is 14.9 Å². The predicted octanol–water partition coefficient (Wildman–Crippen LogP) is 1.54. The quantitative estimate of drug-likeness (QED) is 0.917. The Kier molecular flexibility index (Phi) is 3.52. The first-order valence-corrected chi connectivity index (χ1v) is 6.65. The number of hydrogen-bond acceptors (Lipinski definition) is 5. The van der Waals surface area contributed by atoms with Gasteiger partial charge >= 0.3 is 0 Å². The molecule has 1 unspecified atom stereocenters. The zero-order valence-corrected chi connectivity index (χ0v) is 11.4. The molecule has 0 bridgehead atoms. The van der Waals surface area contributed by atoms with Crippen LogP contribution in [0.2, 0.25) is 0 Å². The second-order valence-electron chi connectivity index (χ2n) is 4.92. The van der Waals surface area contributed by atoms with Crippen LogP contribution in [-0.4, -0.2) is 34.3 Å². The Morgan fingerprint density at radius 2 is 2.15 bits per heavy atom. The Morgan fingerprint density at radius 1 is 1.30 bits per heavy atom. The number of aliphatic hydroxyl groups is 1. The lowest BCUT2D eigenvalue weighted by Gasteiger charge is -2.35. The fourth-order valence-electron chi connectivity index (χ4n) is 2.32. The van der Waals surface area contributed by atoms with E-state index < -0.39 is 0 Å².